The minimum atomic E-state index is -3.42. The van der Waals surface area contributed by atoms with Gasteiger partial charge in [0.15, 0.2) is 0 Å². The summed E-state index contributed by atoms with van der Waals surface area (Å²) in [5.41, 5.74) is 0. The van der Waals surface area contributed by atoms with Crippen molar-refractivity contribution in [3.05, 3.63) is 30.3 Å². The van der Waals surface area contributed by atoms with E-state index in [1.54, 1.807) is 28.6 Å². The van der Waals surface area contributed by atoms with E-state index >= 15 is 0 Å². The average Bonchev–Trinajstić information content (AvgIpc) is 2.98. The second kappa shape index (κ2) is 10.4. The number of hydrogen-bond acceptors (Lipinski definition) is 4. The molecule has 3 rings (SSSR count). The lowest BCUT2D eigenvalue weighted by atomic mass is 9.94. The van der Waals surface area contributed by atoms with E-state index in [1.165, 1.54) is 25.7 Å². The number of nitrogens with zero attached hydrogens (tertiary/aromatic N) is 2. The first-order chi connectivity index (χ1) is 13.6. The Bertz CT molecular complexity index is 708. The Labute approximate surface area is 169 Å². The van der Waals surface area contributed by atoms with Gasteiger partial charge in [-0.1, -0.05) is 31.0 Å². The van der Waals surface area contributed by atoms with Crippen LogP contribution in [0.3, 0.4) is 0 Å². The number of likely N-dealkylation sites (tertiary alicyclic amines) is 1. The Morgan fingerprint density at radius 1 is 0.964 bits per heavy atom. The van der Waals surface area contributed by atoms with Gasteiger partial charge in [0, 0.05) is 32.6 Å². The Morgan fingerprint density at radius 2 is 1.61 bits per heavy atom. The van der Waals surface area contributed by atoms with Crippen LogP contribution in [0.5, 0.6) is 0 Å². The van der Waals surface area contributed by atoms with Crippen molar-refractivity contribution in [3.63, 3.8) is 0 Å². The first-order valence-corrected chi connectivity index (χ1v) is 12.0. The maximum absolute atomic E-state index is 12.7. The zero-order chi connectivity index (χ0) is 19.8. The lowest BCUT2D eigenvalue weighted by Gasteiger charge is -2.31. The van der Waals surface area contributed by atoms with E-state index in [0.29, 0.717) is 31.0 Å². The molecule has 2 fully saturated rings. The zero-order valence-electron chi connectivity index (χ0n) is 16.7. The largest absolute Gasteiger partial charge is 0.355 e. The van der Waals surface area contributed by atoms with Gasteiger partial charge in [0.1, 0.15) is 0 Å². The highest BCUT2D eigenvalue weighted by molar-refractivity contribution is 7.89. The van der Waals surface area contributed by atoms with Crippen molar-refractivity contribution in [2.45, 2.75) is 49.8 Å². The molecule has 2 saturated heterocycles. The van der Waals surface area contributed by atoms with Crippen LogP contribution < -0.4 is 5.32 Å². The maximum Gasteiger partial charge on any atom is 0.243 e. The third-order valence-corrected chi connectivity index (χ3v) is 7.79. The SMILES string of the molecule is O=C(CC1CCN(S(=O)(=O)c2ccccc2)CC1)NCCN1CCCCCC1. The van der Waals surface area contributed by atoms with E-state index in [0.717, 1.165) is 32.5 Å². The van der Waals surface area contributed by atoms with Crippen molar-refractivity contribution in [2.75, 3.05) is 39.3 Å². The second-order valence-corrected chi connectivity index (χ2v) is 9.91. The van der Waals surface area contributed by atoms with Crippen LogP contribution in [0.1, 0.15) is 44.9 Å². The molecule has 0 unspecified atom stereocenters. The quantitative estimate of drug-likeness (QED) is 0.754. The van der Waals surface area contributed by atoms with Crippen molar-refractivity contribution >= 4 is 15.9 Å². The van der Waals surface area contributed by atoms with Gasteiger partial charge in [0.2, 0.25) is 15.9 Å². The number of benzene rings is 1. The molecule has 0 bridgehead atoms. The van der Waals surface area contributed by atoms with E-state index in [4.69, 9.17) is 0 Å². The number of nitrogens with one attached hydrogen (secondary N) is 1. The van der Waals surface area contributed by atoms with Gasteiger partial charge >= 0.3 is 0 Å². The highest BCUT2D eigenvalue weighted by Gasteiger charge is 2.30. The lowest BCUT2D eigenvalue weighted by Crippen LogP contribution is -2.40. The number of amides is 1. The molecule has 0 aliphatic carbocycles. The molecule has 1 aromatic rings. The molecule has 156 valence electrons. The molecule has 7 heteroatoms. The summed E-state index contributed by atoms with van der Waals surface area (Å²) < 4.78 is 26.9. The van der Waals surface area contributed by atoms with E-state index in [9.17, 15) is 13.2 Å². The first-order valence-electron chi connectivity index (χ1n) is 10.6. The molecule has 6 nitrogen and oxygen atoms in total. The summed E-state index contributed by atoms with van der Waals surface area (Å²) in [5, 5.41) is 3.05. The summed E-state index contributed by atoms with van der Waals surface area (Å²) in [6.07, 6.45) is 7.15. The van der Waals surface area contributed by atoms with Crippen LogP contribution in [0.15, 0.2) is 35.2 Å². The summed E-state index contributed by atoms with van der Waals surface area (Å²) in [7, 11) is -3.42. The highest BCUT2D eigenvalue weighted by Crippen LogP contribution is 2.25. The first kappa shape index (κ1) is 21.3. The molecule has 0 atom stereocenters. The van der Waals surface area contributed by atoms with Crippen LogP contribution in [0.25, 0.3) is 0 Å². The predicted octanol–water partition coefficient (Wildman–Crippen LogP) is 2.47. The van der Waals surface area contributed by atoms with Gasteiger partial charge in [-0.05, 0) is 56.8 Å². The molecule has 0 saturated carbocycles. The summed E-state index contributed by atoms with van der Waals surface area (Å²) in [6.45, 7) is 4.90. The van der Waals surface area contributed by atoms with Crippen LogP contribution in [0, 0.1) is 5.92 Å². The smallest absolute Gasteiger partial charge is 0.243 e. The van der Waals surface area contributed by atoms with Gasteiger partial charge in [-0.2, -0.15) is 4.31 Å². The van der Waals surface area contributed by atoms with Crippen LogP contribution >= 0.6 is 0 Å². The number of carbonyl (C=O) groups is 1. The van der Waals surface area contributed by atoms with Crippen molar-refractivity contribution in [1.82, 2.24) is 14.5 Å². The van der Waals surface area contributed by atoms with Gasteiger partial charge in [0.05, 0.1) is 4.90 Å². The molecular formula is C21H33N3O3S. The molecule has 0 aromatic heterocycles. The Kier molecular flexibility index (Phi) is 7.88. The third-order valence-electron chi connectivity index (χ3n) is 5.88. The maximum atomic E-state index is 12.7. The van der Waals surface area contributed by atoms with Gasteiger partial charge < -0.3 is 10.2 Å². The molecule has 0 radical (unpaired) electrons. The van der Waals surface area contributed by atoms with Crippen LogP contribution in [0.4, 0.5) is 0 Å². The Morgan fingerprint density at radius 3 is 2.25 bits per heavy atom. The normalized spacial score (nSPS) is 20.6. The molecule has 1 amide bonds. The van der Waals surface area contributed by atoms with E-state index in [-0.39, 0.29) is 11.8 Å². The van der Waals surface area contributed by atoms with Crippen molar-refractivity contribution in [1.29, 1.82) is 0 Å². The standard InChI is InChI=1S/C21H33N3O3S/c25-21(22-12-17-23-13-6-1-2-7-14-23)18-19-10-15-24(16-11-19)28(26,27)20-8-4-3-5-9-20/h3-5,8-9,19H,1-2,6-7,10-18H2,(H,22,25). The fourth-order valence-corrected chi connectivity index (χ4v) is 5.63. The number of sulfonamides is 1. The second-order valence-electron chi connectivity index (χ2n) is 7.97. The van der Waals surface area contributed by atoms with Gasteiger partial charge in [-0.25, -0.2) is 8.42 Å². The summed E-state index contributed by atoms with van der Waals surface area (Å²) in [4.78, 5) is 15.1. The highest BCUT2D eigenvalue weighted by atomic mass is 32.2. The Balaban J connectivity index is 1.37. The lowest BCUT2D eigenvalue weighted by molar-refractivity contribution is -0.122. The predicted molar refractivity (Wildman–Crippen MR) is 110 cm³/mol. The van der Waals surface area contributed by atoms with Gasteiger partial charge in [0.25, 0.3) is 0 Å². The van der Waals surface area contributed by atoms with Crippen LogP contribution in [-0.4, -0.2) is 62.8 Å². The van der Waals surface area contributed by atoms with E-state index in [1.807, 2.05) is 6.07 Å². The summed E-state index contributed by atoms with van der Waals surface area (Å²) in [6, 6.07) is 8.58. The zero-order valence-corrected chi connectivity index (χ0v) is 17.5. The molecule has 2 heterocycles. The summed E-state index contributed by atoms with van der Waals surface area (Å²) >= 11 is 0. The number of rotatable bonds is 7. The molecular weight excluding hydrogens is 374 g/mol. The van der Waals surface area contributed by atoms with Crippen LogP contribution in [-0.2, 0) is 14.8 Å². The monoisotopic (exact) mass is 407 g/mol. The van der Waals surface area contributed by atoms with E-state index < -0.39 is 10.0 Å². The van der Waals surface area contributed by atoms with Crippen molar-refractivity contribution in [3.8, 4) is 0 Å². The fraction of sp³-hybridized carbons (Fsp3) is 0.667. The minimum Gasteiger partial charge on any atom is -0.355 e. The van der Waals surface area contributed by atoms with Crippen LogP contribution in [0.2, 0.25) is 0 Å². The van der Waals surface area contributed by atoms with Crippen molar-refractivity contribution < 1.29 is 13.2 Å². The molecule has 1 aromatic carbocycles. The van der Waals surface area contributed by atoms with Crippen molar-refractivity contribution in [2.24, 2.45) is 5.92 Å². The number of hydrogen-bond donors (Lipinski definition) is 1. The van der Waals surface area contributed by atoms with E-state index in [2.05, 4.69) is 10.2 Å². The number of piperidine rings is 1. The van der Waals surface area contributed by atoms with Gasteiger partial charge in [-0.15, -0.1) is 0 Å². The summed E-state index contributed by atoms with van der Waals surface area (Å²) in [5.74, 6) is 0.361. The topological polar surface area (TPSA) is 69.7 Å². The minimum absolute atomic E-state index is 0.0965. The molecule has 28 heavy (non-hydrogen) atoms. The average molecular weight is 408 g/mol. The fourth-order valence-electron chi connectivity index (χ4n) is 4.14. The molecule has 1 N–H and O–H groups in total. The number of carbonyl (C=O) groups excluding carboxylic acids is 1. The molecule has 2 aliphatic heterocycles. The third kappa shape index (κ3) is 6.03. The molecule has 0 spiro atoms. The van der Waals surface area contributed by atoms with Gasteiger partial charge in [-0.3, -0.25) is 4.79 Å². The Hall–Kier alpha value is -1.44. The molecule has 2 aliphatic rings.